The molecule has 2 aromatic carbocycles. The van der Waals surface area contributed by atoms with Gasteiger partial charge in [0.05, 0.1) is 18.2 Å². The number of nitrogens with zero attached hydrogens (tertiary/aromatic N) is 2. The number of ether oxygens (including phenoxy) is 2. The molecule has 0 aliphatic heterocycles. The topological polar surface area (TPSA) is 84.2 Å². The average molecular weight is 428 g/mol. The van der Waals surface area contributed by atoms with Gasteiger partial charge >= 0.3 is 0 Å². The lowest BCUT2D eigenvalue weighted by Crippen LogP contribution is -2.20. The predicted molar refractivity (Wildman–Crippen MR) is 113 cm³/mol. The Bertz CT molecular complexity index is 1050. The van der Waals surface area contributed by atoms with E-state index in [0.29, 0.717) is 40.2 Å². The first kappa shape index (κ1) is 20.6. The number of benzene rings is 2. The number of carbonyl (C=O) groups is 1. The Morgan fingerprint density at radius 1 is 1.24 bits per heavy atom. The quantitative estimate of drug-likeness (QED) is 0.564. The van der Waals surface area contributed by atoms with Gasteiger partial charge in [0, 0.05) is 28.6 Å². The minimum Gasteiger partial charge on any atom is -0.490 e. The second-order valence-electron chi connectivity index (χ2n) is 5.98. The molecule has 0 saturated carbocycles. The smallest absolute Gasteiger partial charge is 0.264 e. The highest BCUT2D eigenvalue weighted by atomic mass is 35.5. The third-order valence-corrected chi connectivity index (χ3v) is 4.95. The van der Waals surface area contributed by atoms with Crippen LogP contribution < -0.4 is 14.8 Å². The monoisotopic (exact) mass is 427 g/mol. The third kappa shape index (κ3) is 5.95. The molecule has 0 saturated heterocycles. The molecule has 29 heavy (non-hydrogen) atoms. The van der Waals surface area contributed by atoms with Crippen molar-refractivity contribution in [2.45, 2.75) is 13.3 Å². The van der Waals surface area contributed by atoms with E-state index in [9.17, 15) is 4.79 Å². The SMILES string of the molecule is CCOc1cc(C#N)ccc1OCC(=O)Nc1ncc(Cc2cccc(Cl)c2)s1. The Morgan fingerprint density at radius 3 is 2.86 bits per heavy atom. The number of carbonyl (C=O) groups excluding carboxylic acids is 1. The van der Waals surface area contributed by atoms with Crippen LogP contribution in [0.4, 0.5) is 5.13 Å². The molecule has 0 aliphatic carbocycles. The van der Waals surface area contributed by atoms with E-state index < -0.39 is 0 Å². The fourth-order valence-electron chi connectivity index (χ4n) is 2.56. The lowest BCUT2D eigenvalue weighted by molar-refractivity contribution is -0.118. The molecule has 0 atom stereocenters. The number of halogens is 1. The standard InChI is InChI=1S/C21H18ClN3O3S/c1-2-27-19-10-15(11-23)6-7-18(19)28-13-20(26)25-21-24-12-17(29-21)9-14-4-3-5-16(22)8-14/h3-8,10,12H,2,9,13H2,1H3,(H,24,25,26). The van der Waals surface area contributed by atoms with E-state index in [4.69, 9.17) is 26.3 Å². The number of hydrogen-bond donors (Lipinski definition) is 1. The van der Waals surface area contributed by atoms with Crippen LogP contribution in [0.3, 0.4) is 0 Å². The predicted octanol–water partition coefficient (Wildman–Crippen LogP) is 4.68. The van der Waals surface area contributed by atoms with E-state index in [1.165, 1.54) is 11.3 Å². The van der Waals surface area contributed by atoms with E-state index in [2.05, 4.69) is 10.3 Å². The minimum atomic E-state index is -0.333. The number of nitriles is 1. The number of amides is 1. The van der Waals surface area contributed by atoms with Gasteiger partial charge in [-0.1, -0.05) is 23.7 Å². The molecule has 0 unspecified atom stereocenters. The Labute approximate surface area is 177 Å². The van der Waals surface area contributed by atoms with Crippen LogP contribution in [-0.2, 0) is 11.2 Å². The van der Waals surface area contributed by atoms with Crippen molar-refractivity contribution in [2.24, 2.45) is 0 Å². The van der Waals surface area contributed by atoms with Gasteiger partial charge in [0.1, 0.15) is 0 Å². The highest BCUT2D eigenvalue weighted by molar-refractivity contribution is 7.15. The lowest BCUT2D eigenvalue weighted by Gasteiger charge is -2.11. The Morgan fingerprint density at radius 2 is 2.10 bits per heavy atom. The molecule has 6 nitrogen and oxygen atoms in total. The summed E-state index contributed by atoms with van der Waals surface area (Å²) in [7, 11) is 0. The van der Waals surface area contributed by atoms with Gasteiger partial charge in [-0.05, 0) is 36.8 Å². The molecule has 8 heteroatoms. The molecule has 3 rings (SSSR count). The van der Waals surface area contributed by atoms with Crippen LogP contribution in [0.15, 0.2) is 48.7 Å². The number of hydrogen-bond acceptors (Lipinski definition) is 6. The largest absolute Gasteiger partial charge is 0.490 e. The third-order valence-electron chi connectivity index (χ3n) is 3.80. The molecule has 148 valence electrons. The summed E-state index contributed by atoms with van der Waals surface area (Å²) in [5.74, 6) is 0.500. The summed E-state index contributed by atoms with van der Waals surface area (Å²) in [5, 5.41) is 12.9. The number of rotatable bonds is 8. The summed E-state index contributed by atoms with van der Waals surface area (Å²) in [4.78, 5) is 17.5. The molecule has 1 amide bonds. The summed E-state index contributed by atoms with van der Waals surface area (Å²) in [5.41, 5.74) is 1.53. The lowest BCUT2D eigenvalue weighted by atomic mass is 10.1. The van der Waals surface area contributed by atoms with E-state index in [1.54, 1.807) is 24.4 Å². The van der Waals surface area contributed by atoms with Crippen molar-refractivity contribution in [3.8, 4) is 17.6 Å². The van der Waals surface area contributed by atoms with Crippen LogP contribution in [0.2, 0.25) is 5.02 Å². The Hall–Kier alpha value is -3.08. The maximum atomic E-state index is 12.2. The first-order valence-electron chi connectivity index (χ1n) is 8.86. The molecule has 1 N–H and O–H groups in total. The zero-order valence-electron chi connectivity index (χ0n) is 15.6. The molecule has 0 bridgehead atoms. The van der Waals surface area contributed by atoms with Crippen molar-refractivity contribution in [1.29, 1.82) is 5.26 Å². The highest BCUT2D eigenvalue weighted by Gasteiger charge is 2.11. The first-order chi connectivity index (χ1) is 14.1. The maximum Gasteiger partial charge on any atom is 0.264 e. The van der Waals surface area contributed by atoms with Gasteiger partial charge in [-0.15, -0.1) is 11.3 Å². The number of nitrogens with one attached hydrogen (secondary N) is 1. The second-order valence-corrected chi connectivity index (χ2v) is 7.53. The summed E-state index contributed by atoms with van der Waals surface area (Å²) < 4.78 is 11.0. The van der Waals surface area contributed by atoms with E-state index in [1.807, 2.05) is 37.3 Å². The zero-order chi connectivity index (χ0) is 20.6. The Kier molecular flexibility index (Phi) is 7.06. The fraction of sp³-hybridized carbons (Fsp3) is 0.190. The minimum absolute atomic E-state index is 0.199. The van der Waals surface area contributed by atoms with Crippen LogP contribution in [-0.4, -0.2) is 24.1 Å². The number of anilines is 1. The van der Waals surface area contributed by atoms with Gasteiger partial charge in [0.25, 0.3) is 5.91 Å². The molecule has 0 spiro atoms. The van der Waals surface area contributed by atoms with Crippen LogP contribution in [0, 0.1) is 11.3 Å². The molecule has 0 fully saturated rings. The van der Waals surface area contributed by atoms with Crippen molar-refractivity contribution < 1.29 is 14.3 Å². The second kappa shape index (κ2) is 9.92. The van der Waals surface area contributed by atoms with E-state index in [-0.39, 0.29) is 12.5 Å². The van der Waals surface area contributed by atoms with E-state index in [0.717, 1.165) is 10.4 Å². The van der Waals surface area contributed by atoms with Gasteiger partial charge < -0.3 is 9.47 Å². The van der Waals surface area contributed by atoms with Gasteiger partial charge in [-0.3, -0.25) is 10.1 Å². The number of thiazole rings is 1. The zero-order valence-corrected chi connectivity index (χ0v) is 17.2. The van der Waals surface area contributed by atoms with Crippen LogP contribution in [0.25, 0.3) is 0 Å². The van der Waals surface area contributed by atoms with Gasteiger partial charge in [-0.25, -0.2) is 4.98 Å². The van der Waals surface area contributed by atoms with Crippen molar-refractivity contribution in [3.63, 3.8) is 0 Å². The normalized spacial score (nSPS) is 10.2. The summed E-state index contributed by atoms with van der Waals surface area (Å²) >= 11 is 7.41. The van der Waals surface area contributed by atoms with Crippen molar-refractivity contribution in [3.05, 3.63) is 69.7 Å². The van der Waals surface area contributed by atoms with Gasteiger partial charge in [-0.2, -0.15) is 5.26 Å². The van der Waals surface area contributed by atoms with E-state index >= 15 is 0 Å². The maximum absolute atomic E-state index is 12.2. The summed E-state index contributed by atoms with van der Waals surface area (Å²) in [6.07, 6.45) is 2.42. The molecular formula is C21H18ClN3O3S. The van der Waals surface area contributed by atoms with Crippen LogP contribution in [0.1, 0.15) is 22.9 Å². The number of aromatic nitrogens is 1. The summed E-state index contributed by atoms with van der Waals surface area (Å²) in [6, 6.07) is 14.5. The molecule has 0 radical (unpaired) electrons. The van der Waals surface area contributed by atoms with Crippen molar-refractivity contribution in [2.75, 3.05) is 18.5 Å². The van der Waals surface area contributed by atoms with Crippen LogP contribution >= 0.6 is 22.9 Å². The molecule has 3 aromatic rings. The van der Waals surface area contributed by atoms with Crippen molar-refractivity contribution in [1.82, 2.24) is 4.98 Å². The van der Waals surface area contributed by atoms with Crippen LogP contribution in [0.5, 0.6) is 11.5 Å². The highest BCUT2D eigenvalue weighted by Crippen LogP contribution is 2.28. The van der Waals surface area contributed by atoms with Gasteiger partial charge in [0.15, 0.2) is 23.2 Å². The Balaban J connectivity index is 1.56. The fourth-order valence-corrected chi connectivity index (χ4v) is 3.63. The average Bonchev–Trinajstić information content (AvgIpc) is 3.13. The van der Waals surface area contributed by atoms with Crippen molar-refractivity contribution >= 4 is 34.0 Å². The molecule has 1 heterocycles. The summed E-state index contributed by atoms with van der Waals surface area (Å²) in [6.45, 7) is 2.06. The molecule has 1 aromatic heterocycles. The molecular weight excluding hydrogens is 410 g/mol. The first-order valence-corrected chi connectivity index (χ1v) is 10.1. The molecule has 0 aliphatic rings. The van der Waals surface area contributed by atoms with Gasteiger partial charge in [0.2, 0.25) is 0 Å².